The fourth-order valence-electron chi connectivity index (χ4n) is 9.82. The molecule has 0 saturated carbocycles. The summed E-state index contributed by atoms with van der Waals surface area (Å²) in [5, 5.41) is 18.2. The lowest BCUT2D eigenvalue weighted by molar-refractivity contribution is 0.102. The predicted molar refractivity (Wildman–Crippen MR) is 383 cm³/mol. The van der Waals surface area contributed by atoms with Crippen LogP contribution in [0.4, 0.5) is 17.6 Å². The van der Waals surface area contributed by atoms with Crippen molar-refractivity contribution in [1.29, 1.82) is 0 Å². The van der Waals surface area contributed by atoms with E-state index < -0.39 is 23.3 Å². The third-order valence-electron chi connectivity index (χ3n) is 15.1. The van der Waals surface area contributed by atoms with Crippen LogP contribution in [0.1, 0.15) is 103 Å². The van der Waals surface area contributed by atoms with E-state index >= 15 is 0 Å². The van der Waals surface area contributed by atoms with E-state index in [1.54, 1.807) is 169 Å². The second kappa shape index (κ2) is 33.6. The molecule has 13 aromatic rings. The maximum atomic E-state index is 13.3. The molecule has 0 aromatic heterocycles. The third kappa shape index (κ3) is 19.4. The molecule has 0 heterocycles. The van der Waals surface area contributed by atoms with Crippen LogP contribution in [-0.4, -0.2) is 44.9 Å². The average molecular weight is 1380 g/mol. The van der Waals surface area contributed by atoms with Gasteiger partial charge < -0.3 is 19.7 Å². The van der Waals surface area contributed by atoms with Crippen molar-refractivity contribution in [2.75, 3.05) is 0 Å². The van der Waals surface area contributed by atoms with Gasteiger partial charge in [-0.15, -0.1) is 0 Å². The summed E-state index contributed by atoms with van der Waals surface area (Å²) in [6.07, 6.45) is 0. The number of carbonyl (C=O) groups excluding carboxylic acids is 6. The van der Waals surface area contributed by atoms with E-state index in [0.29, 0.717) is 89.8 Å². The highest BCUT2D eigenvalue weighted by atomic mass is 32.2. The Morgan fingerprint density at radius 2 is 0.416 bits per heavy atom. The number of phenolic OH excluding ortho intramolecular Hbond substituents is 2. The highest BCUT2D eigenvalue weighted by molar-refractivity contribution is 7.99. The van der Waals surface area contributed by atoms with Gasteiger partial charge in [0.2, 0.25) is 0 Å². The molecule has 0 aliphatic rings. The molecule has 16 heteroatoms. The molecule has 0 bridgehead atoms. The fourth-order valence-corrected chi connectivity index (χ4v) is 11.5. The smallest absolute Gasteiger partial charge is 0.193 e. The lowest BCUT2D eigenvalue weighted by atomic mass is 9.98. The summed E-state index contributed by atoms with van der Waals surface area (Å²) in [5.74, 6) is -0.177. The number of ether oxygens (including phenoxy) is 2. The van der Waals surface area contributed by atoms with E-state index in [4.69, 9.17) is 19.7 Å². The van der Waals surface area contributed by atoms with Crippen molar-refractivity contribution in [3.8, 4) is 34.5 Å². The number of hydrogen-bond acceptors (Lipinski definition) is 12. The number of aromatic hydroxyl groups is 2. The standard InChI is InChI=1S/C52H32F2O6S.C20H12F2O2.C12H10O2S.CH4/c53-41-20-12-37(13-21-41)49(55)33-4-8-35(9-5-33)51(57)39-16-24-43(25-17-39)59-45-28-30-47(31-29-45)61-48-3-1-2-46(32-48)60-44-26-18-40(19-27-44)52(58)36-10-6-34(7-11-36)50(56)38-14-22-42(54)23-15-38;21-17-9-5-15(6-10-17)19(23)13-1-2-14(4-3-13)20(24)16-7-11-18(22)12-8-16;13-9-1-5-11(6-2-9)15-12-7-3-10(14)4-8-12;/h1-32H;1-12H;1-8,13-14H;1H4. The van der Waals surface area contributed by atoms with Gasteiger partial charge in [-0.1, -0.05) is 110 Å². The van der Waals surface area contributed by atoms with Crippen molar-refractivity contribution in [1.82, 2.24) is 0 Å². The summed E-state index contributed by atoms with van der Waals surface area (Å²) in [6, 6.07) is 83.1. The lowest BCUT2D eigenvalue weighted by Gasteiger charge is -2.10. The molecule has 10 nitrogen and oxygen atoms in total. The Bertz CT molecular complexity index is 4900. The highest BCUT2D eigenvalue weighted by Gasteiger charge is 2.18. The lowest BCUT2D eigenvalue weighted by Crippen LogP contribution is -2.04. The number of ketones is 6. The second-order valence-electron chi connectivity index (χ2n) is 22.1. The summed E-state index contributed by atoms with van der Waals surface area (Å²) < 4.78 is 64.5. The maximum Gasteiger partial charge on any atom is 0.193 e. The zero-order chi connectivity index (χ0) is 70.1. The Hall–Kier alpha value is -12.5. The Labute approximate surface area is 587 Å². The minimum atomic E-state index is -0.420. The number of phenols is 2. The molecule has 0 radical (unpaired) electrons. The minimum absolute atomic E-state index is 0. The Balaban J connectivity index is 0.000000222. The Kier molecular flexibility index (Phi) is 23.7. The fraction of sp³-hybridized carbons (Fsp3) is 0.0118. The van der Waals surface area contributed by atoms with Gasteiger partial charge in [0.25, 0.3) is 0 Å². The first kappa shape index (κ1) is 71.3. The maximum absolute atomic E-state index is 13.3. The summed E-state index contributed by atoms with van der Waals surface area (Å²) in [4.78, 5) is 80.4. The first-order valence-electron chi connectivity index (χ1n) is 30.7. The van der Waals surface area contributed by atoms with Crippen LogP contribution in [0.2, 0.25) is 0 Å². The molecular weight excluding hydrogens is 1320 g/mol. The van der Waals surface area contributed by atoms with Gasteiger partial charge >= 0.3 is 0 Å². The zero-order valence-electron chi connectivity index (χ0n) is 52.5. The number of halogens is 4. The summed E-state index contributed by atoms with van der Waals surface area (Å²) in [6.45, 7) is 0. The van der Waals surface area contributed by atoms with E-state index in [-0.39, 0.29) is 53.6 Å². The first-order valence-corrected chi connectivity index (χ1v) is 32.4. The van der Waals surface area contributed by atoms with E-state index in [2.05, 4.69) is 0 Å². The summed E-state index contributed by atoms with van der Waals surface area (Å²) >= 11 is 3.13. The number of hydrogen-bond donors (Lipinski definition) is 2. The highest BCUT2D eigenvalue weighted by Crippen LogP contribution is 2.35. The molecule has 0 atom stereocenters. The average Bonchev–Trinajstić information content (AvgIpc) is 0.845. The van der Waals surface area contributed by atoms with Gasteiger partial charge in [-0.2, -0.15) is 0 Å². The van der Waals surface area contributed by atoms with Gasteiger partial charge in [-0.05, 0) is 237 Å². The van der Waals surface area contributed by atoms with Gasteiger partial charge in [0.15, 0.2) is 34.7 Å². The van der Waals surface area contributed by atoms with Crippen molar-refractivity contribution < 1.29 is 66.0 Å². The minimum Gasteiger partial charge on any atom is -0.508 e. The molecule has 0 saturated heterocycles. The molecule has 498 valence electrons. The molecule has 0 fully saturated rings. The van der Waals surface area contributed by atoms with Gasteiger partial charge in [-0.3, -0.25) is 28.8 Å². The molecule has 0 aliphatic heterocycles. The monoisotopic (exact) mass is 1380 g/mol. The van der Waals surface area contributed by atoms with Gasteiger partial charge in [0, 0.05) is 86.3 Å². The van der Waals surface area contributed by atoms with E-state index in [1.807, 2.05) is 72.8 Å². The predicted octanol–water partition coefficient (Wildman–Crippen LogP) is 20.9. The van der Waals surface area contributed by atoms with E-state index in [0.717, 1.165) is 19.6 Å². The molecule has 13 rings (SSSR count). The second-order valence-corrected chi connectivity index (χ2v) is 24.4. The van der Waals surface area contributed by atoms with E-state index in [9.17, 15) is 46.3 Å². The van der Waals surface area contributed by atoms with Crippen molar-refractivity contribution in [2.24, 2.45) is 0 Å². The molecule has 0 aliphatic carbocycles. The molecule has 2 N–H and O–H groups in total. The largest absolute Gasteiger partial charge is 0.508 e. The molecule has 101 heavy (non-hydrogen) atoms. The van der Waals surface area contributed by atoms with Crippen molar-refractivity contribution in [3.63, 3.8) is 0 Å². The number of rotatable bonds is 20. The van der Waals surface area contributed by atoms with Crippen LogP contribution in [-0.2, 0) is 0 Å². The Morgan fingerprint density at radius 1 is 0.228 bits per heavy atom. The van der Waals surface area contributed by atoms with Crippen LogP contribution < -0.4 is 9.47 Å². The quantitative estimate of drug-likeness (QED) is 0.0550. The molecule has 0 unspecified atom stereocenters. The van der Waals surface area contributed by atoms with Crippen LogP contribution in [0.15, 0.2) is 335 Å². The van der Waals surface area contributed by atoms with Crippen molar-refractivity contribution in [3.05, 3.63) is 405 Å². The Morgan fingerprint density at radius 3 is 0.663 bits per heavy atom. The van der Waals surface area contributed by atoms with Gasteiger partial charge in [0.05, 0.1) is 0 Å². The number of carbonyl (C=O) groups is 6. The molecule has 13 aromatic carbocycles. The summed E-state index contributed by atoms with van der Waals surface area (Å²) in [5.41, 5.74) is 4.86. The summed E-state index contributed by atoms with van der Waals surface area (Å²) in [7, 11) is 0. The normalized spacial score (nSPS) is 10.5. The van der Waals surface area contributed by atoms with Gasteiger partial charge in [0.1, 0.15) is 57.8 Å². The van der Waals surface area contributed by atoms with Crippen molar-refractivity contribution in [2.45, 2.75) is 27.0 Å². The van der Waals surface area contributed by atoms with E-state index in [1.165, 1.54) is 97.1 Å². The van der Waals surface area contributed by atoms with Crippen LogP contribution in [0.25, 0.3) is 0 Å². The SMILES string of the molecule is C.O=C(c1ccc(F)cc1)c1ccc(C(=O)c2ccc(F)cc2)cc1.O=C(c1ccc(F)cc1)c1ccc(C(=O)c2ccc(Oc3ccc(Sc4cccc(Oc5ccc(C(=O)c6ccc(C(=O)c7ccc(F)cc7)cc6)cc5)c4)cc3)cc2)cc1.Oc1ccc(Sc2ccc(O)cc2)cc1. The first-order chi connectivity index (χ1) is 48.4. The molecular formula is C85H58F4O10S2. The molecule has 0 spiro atoms. The van der Waals surface area contributed by atoms with Crippen molar-refractivity contribution >= 4 is 58.2 Å². The van der Waals surface area contributed by atoms with Crippen LogP contribution in [0.3, 0.4) is 0 Å². The molecule has 0 amide bonds. The number of benzene rings is 13. The van der Waals surface area contributed by atoms with Crippen LogP contribution in [0.5, 0.6) is 34.5 Å². The third-order valence-corrected chi connectivity index (χ3v) is 17.1. The van der Waals surface area contributed by atoms with Crippen LogP contribution >= 0.6 is 23.5 Å². The zero-order valence-corrected chi connectivity index (χ0v) is 54.1. The van der Waals surface area contributed by atoms with Crippen LogP contribution in [0, 0.1) is 23.3 Å². The topological polar surface area (TPSA) is 161 Å². The van der Waals surface area contributed by atoms with Gasteiger partial charge in [-0.25, -0.2) is 17.6 Å².